The Morgan fingerprint density at radius 1 is 0.545 bits per heavy atom. The first kappa shape index (κ1) is 15.4. The SMILES string of the molecule is Oc1ccc(Sc2ccc(Sc3ccc(S)cc3)cc2)cc1. The Kier molecular flexibility index (Phi) is 5.03. The van der Waals surface area contributed by atoms with Crippen LogP contribution in [0.1, 0.15) is 0 Å². The molecule has 0 heterocycles. The summed E-state index contributed by atoms with van der Waals surface area (Å²) in [5, 5.41) is 9.30. The van der Waals surface area contributed by atoms with Crippen LogP contribution >= 0.6 is 36.2 Å². The largest absolute Gasteiger partial charge is 0.508 e. The van der Waals surface area contributed by atoms with Crippen LogP contribution in [0.25, 0.3) is 0 Å². The standard InChI is InChI=1S/C18H14OS3/c19-13-1-5-15(6-2-13)21-17-9-11-18(12-10-17)22-16-7-3-14(20)4-8-16/h1-12,19-20H. The number of phenols is 1. The Hall–Kier alpha value is -1.49. The quantitative estimate of drug-likeness (QED) is 0.569. The van der Waals surface area contributed by atoms with Gasteiger partial charge < -0.3 is 5.11 Å². The van der Waals surface area contributed by atoms with Crippen molar-refractivity contribution in [3.8, 4) is 5.75 Å². The Morgan fingerprint density at radius 3 is 1.27 bits per heavy atom. The van der Waals surface area contributed by atoms with E-state index in [0.717, 1.165) is 9.79 Å². The van der Waals surface area contributed by atoms with Gasteiger partial charge in [0, 0.05) is 24.5 Å². The summed E-state index contributed by atoms with van der Waals surface area (Å²) in [6, 6.07) is 23.9. The minimum atomic E-state index is 0.295. The van der Waals surface area contributed by atoms with Crippen molar-refractivity contribution in [2.75, 3.05) is 0 Å². The van der Waals surface area contributed by atoms with Gasteiger partial charge in [0.15, 0.2) is 0 Å². The van der Waals surface area contributed by atoms with E-state index < -0.39 is 0 Å². The van der Waals surface area contributed by atoms with Gasteiger partial charge in [0.2, 0.25) is 0 Å². The van der Waals surface area contributed by atoms with E-state index in [-0.39, 0.29) is 0 Å². The molecule has 0 amide bonds. The van der Waals surface area contributed by atoms with Crippen LogP contribution in [-0.2, 0) is 0 Å². The molecule has 0 aliphatic carbocycles. The van der Waals surface area contributed by atoms with Crippen LogP contribution in [0, 0.1) is 0 Å². The molecule has 22 heavy (non-hydrogen) atoms. The van der Waals surface area contributed by atoms with Gasteiger partial charge in [0.1, 0.15) is 5.75 Å². The molecule has 0 aliphatic rings. The maximum atomic E-state index is 9.30. The van der Waals surface area contributed by atoms with E-state index in [4.69, 9.17) is 0 Å². The van der Waals surface area contributed by atoms with Crippen LogP contribution in [0.5, 0.6) is 5.75 Å². The van der Waals surface area contributed by atoms with Crippen molar-refractivity contribution in [2.24, 2.45) is 0 Å². The molecule has 1 nitrogen and oxygen atoms in total. The molecule has 0 aromatic heterocycles. The van der Waals surface area contributed by atoms with E-state index in [1.807, 2.05) is 24.3 Å². The third-order valence-corrected chi connectivity index (χ3v) is 5.30. The second kappa shape index (κ2) is 7.18. The van der Waals surface area contributed by atoms with Crippen LogP contribution in [-0.4, -0.2) is 5.11 Å². The van der Waals surface area contributed by atoms with E-state index in [1.165, 1.54) is 14.7 Å². The van der Waals surface area contributed by atoms with Crippen molar-refractivity contribution in [2.45, 2.75) is 24.5 Å². The highest BCUT2D eigenvalue weighted by atomic mass is 32.2. The number of hydrogen-bond donors (Lipinski definition) is 2. The third-order valence-electron chi connectivity index (χ3n) is 2.97. The number of benzene rings is 3. The van der Waals surface area contributed by atoms with Gasteiger partial charge in [-0.05, 0) is 72.8 Å². The molecular formula is C18H14OS3. The summed E-state index contributed by atoms with van der Waals surface area (Å²) in [5.41, 5.74) is 0. The Labute approximate surface area is 144 Å². The average Bonchev–Trinajstić information content (AvgIpc) is 2.54. The molecule has 4 heteroatoms. The Morgan fingerprint density at radius 2 is 0.864 bits per heavy atom. The summed E-state index contributed by atoms with van der Waals surface area (Å²) >= 11 is 7.72. The lowest BCUT2D eigenvalue weighted by atomic mass is 10.3. The molecule has 0 fully saturated rings. The predicted octanol–water partition coefficient (Wildman–Crippen LogP) is 5.98. The first-order valence-electron chi connectivity index (χ1n) is 6.73. The molecule has 0 unspecified atom stereocenters. The molecule has 3 aromatic rings. The van der Waals surface area contributed by atoms with E-state index in [1.54, 1.807) is 35.7 Å². The molecule has 3 rings (SSSR count). The van der Waals surface area contributed by atoms with Gasteiger partial charge in [-0.1, -0.05) is 23.5 Å². The maximum absolute atomic E-state index is 9.30. The van der Waals surface area contributed by atoms with E-state index >= 15 is 0 Å². The number of rotatable bonds is 4. The molecule has 0 bridgehead atoms. The van der Waals surface area contributed by atoms with Gasteiger partial charge in [-0.15, -0.1) is 12.6 Å². The average molecular weight is 343 g/mol. The number of thiol groups is 1. The summed E-state index contributed by atoms with van der Waals surface area (Å²) in [5.74, 6) is 0.295. The van der Waals surface area contributed by atoms with E-state index in [2.05, 4.69) is 49.0 Å². The monoisotopic (exact) mass is 342 g/mol. The zero-order chi connectivity index (χ0) is 15.4. The zero-order valence-corrected chi connectivity index (χ0v) is 14.2. The Bertz CT molecular complexity index is 668. The number of phenolic OH excluding ortho intramolecular Hbond substituents is 1. The summed E-state index contributed by atoms with van der Waals surface area (Å²) in [6.07, 6.45) is 0. The van der Waals surface area contributed by atoms with Crippen LogP contribution in [0.3, 0.4) is 0 Å². The lowest BCUT2D eigenvalue weighted by molar-refractivity contribution is 0.475. The van der Waals surface area contributed by atoms with Gasteiger partial charge in [-0.25, -0.2) is 0 Å². The molecular weight excluding hydrogens is 328 g/mol. The molecule has 0 saturated carbocycles. The van der Waals surface area contributed by atoms with Crippen molar-refractivity contribution in [1.29, 1.82) is 0 Å². The van der Waals surface area contributed by atoms with Gasteiger partial charge in [-0.3, -0.25) is 0 Å². The fourth-order valence-electron chi connectivity index (χ4n) is 1.88. The molecule has 0 saturated heterocycles. The topological polar surface area (TPSA) is 20.2 Å². The summed E-state index contributed by atoms with van der Waals surface area (Å²) in [7, 11) is 0. The fourth-order valence-corrected chi connectivity index (χ4v) is 3.66. The van der Waals surface area contributed by atoms with Crippen LogP contribution in [0.15, 0.2) is 97.3 Å². The summed E-state index contributed by atoms with van der Waals surface area (Å²) < 4.78 is 0. The second-order valence-electron chi connectivity index (χ2n) is 4.66. The maximum Gasteiger partial charge on any atom is 0.115 e. The summed E-state index contributed by atoms with van der Waals surface area (Å²) in [6.45, 7) is 0. The number of hydrogen-bond acceptors (Lipinski definition) is 4. The fraction of sp³-hybridized carbons (Fsp3) is 0. The van der Waals surface area contributed by atoms with E-state index in [0.29, 0.717) is 5.75 Å². The minimum Gasteiger partial charge on any atom is -0.508 e. The molecule has 3 aromatic carbocycles. The van der Waals surface area contributed by atoms with Crippen LogP contribution in [0.2, 0.25) is 0 Å². The first-order valence-corrected chi connectivity index (χ1v) is 8.81. The van der Waals surface area contributed by atoms with Gasteiger partial charge in [0.05, 0.1) is 0 Å². The number of aromatic hydroxyl groups is 1. The highest BCUT2D eigenvalue weighted by molar-refractivity contribution is 7.99. The van der Waals surface area contributed by atoms with Gasteiger partial charge in [-0.2, -0.15) is 0 Å². The second-order valence-corrected chi connectivity index (χ2v) is 7.47. The van der Waals surface area contributed by atoms with Crippen molar-refractivity contribution in [3.63, 3.8) is 0 Å². The van der Waals surface area contributed by atoms with Crippen LogP contribution in [0.4, 0.5) is 0 Å². The molecule has 1 N–H and O–H groups in total. The normalized spacial score (nSPS) is 10.6. The minimum absolute atomic E-state index is 0.295. The molecule has 110 valence electrons. The van der Waals surface area contributed by atoms with E-state index in [9.17, 15) is 5.11 Å². The van der Waals surface area contributed by atoms with Crippen molar-refractivity contribution in [1.82, 2.24) is 0 Å². The molecule has 0 atom stereocenters. The Balaban J connectivity index is 1.67. The van der Waals surface area contributed by atoms with Gasteiger partial charge in [0.25, 0.3) is 0 Å². The highest BCUT2D eigenvalue weighted by Gasteiger charge is 2.00. The highest BCUT2D eigenvalue weighted by Crippen LogP contribution is 2.32. The summed E-state index contributed by atoms with van der Waals surface area (Å²) in [4.78, 5) is 5.69. The van der Waals surface area contributed by atoms with Crippen molar-refractivity contribution >= 4 is 36.2 Å². The molecule has 0 aliphatic heterocycles. The first-order chi connectivity index (χ1) is 10.7. The van der Waals surface area contributed by atoms with Gasteiger partial charge >= 0.3 is 0 Å². The third kappa shape index (κ3) is 4.26. The lowest BCUT2D eigenvalue weighted by Crippen LogP contribution is -1.76. The lowest BCUT2D eigenvalue weighted by Gasteiger charge is -2.05. The van der Waals surface area contributed by atoms with Crippen molar-refractivity contribution < 1.29 is 5.11 Å². The molecule has 0 spiro atoms. The van der Waals surface area contributed by atoms with Crippen LogP contribution < -0.4 is 0 Å². The smallest absolute Gasteiger partial charge is 0.115 e. The zero-order valence-electron chi connectivity index (χ0n) is 11.6. The predicted molar refractivity (Wildman–Crippen MR) is 96.5 cm³/mol. The van der Waals surface area contributed by atoms with Crippen molar-refractivity contribution in [3.05, 3.63) is 72.8 Å². The molecule has 0 radical (unpaired) electrons.